The van der Waals surface area contributed by atoms with E-state index >= 15 is 0 Å². The van der Waals surface area contributed by atoms with Crippen molar-refractivity contribution in [2.24, 2.45) is 0 Å². The summed E-state index contributed by atoms with van der Waals surface area (Å²) in [6, 6.07) is 10.2. The van der Waals surface area contributed by atoms with Crippen LogP contribution in [0.2, 0.25) is 0 Å². The molecule has 0 unspecified atom stereocenters. The Bertz CT molecular complexity index is 1610. The van der Waals surface area contributed by atoms with Crippen LogP contribution in [0.15, 0.2) is 54.3 Å². The van der Waals surface area contributed by atoms with Crippen LogP contribution in [0.5, 0.6) is 11.5 Å². The minimum atomic E-state index is -1.53. The summed E-state index contributed by atoms with van der Waals surface area (Å²) in [4.78, 5) is 60.5. The van der Waals surface area contributed by atoms with Gasteiger partial charge in [-0.3, -0.25) is 9.78 Å². The summed E-state index contributed by atoms with van der Waals surface area (Å²) < 4.78 is 13.7. The second-order valence-electron chi connectivity index (χ2n) is 11.7. The van der Waals surface area contributed by atoms with Gasteiger partial charge in [-0.2, -0.15) is 9.78 Å². The van der Waals surface area contributed by atoms with Crippen molar-refractivity contribution < 1.29 is 43.4 Å². The number of hydrogen-bond acceptors (Lipinski definition) is 9. The van der Waals surface area contributed by atoms with Gasteiger partial charge in [0.1, 0.15) is 11.2 Å². The summed E-state index contributed by atoms with van der Waals surface area (Å²) >= 11 is 14.0. The molecule has 3 aromatic carbocycles. The first-order valence-electron chi connectivity index (χ1n) is 12.8. The van der Waals surface area contributed by atoms with Gasteiger partial charge in [0.2, 0.25) is 0 Å². The molecule has 0 atom stereocenters. The molecule has 5 rings (SSSR count). The van der Waals surface area contributed by atoms with E-state index in [-0.39, 0.29) is 31.6 Å². The maximum atomic E-state index is 13.3. The van der Waals surface area contributed by atoms with Gasteiger partial charge in [0, 0.05) is 25.6 Å². The standard InChI is InChI=1S/C30H24Br4O9/c1-28(2,3)42-40-26(36)19-17(31)11-15-23(21(19)33)38-24-16(30(15)14-10-8-7-9-13(14)25(35)39-30)12-18(32)20(22(24)34)27(37)41-43-29(4,5)6/h7-12H,1-6H3. The number of hydrogen-bond donors (Lipinski definition) is 0. The van der Waals surface area contributed by atoms with Crippen LogP contribution in [0.25, 0.3) is 0 Å². The summed E-state index contributed by atoms with van der Waals surface area (Å²) in [5.74, 6) is -1.87. The summed E-state index contributed by atoms with van der Waals surface area (Å²) in [5, 5.41) is 0. The van der Waals surface area contributed by atoms with E-state index in [0.29, 0.717) is 31.2 Å². The number of carbonyl (C=O) groups is 3. The third-order valence-electron chi connectivity index (χ3n) is 6.22. The van der Waals surface area contributed by atoms with Crippen molar-refractivity contribution in [1.29, 1.82) is 0 Å². The highest BCUT2D eigenvalue weighted by Gasteiger charge is 2.55. The predicted octanol–water partition coefficient (Wildman–Crippen LogP) is 9.08. The molecule has 2 aliphatic heterocycles. The minimum Gasteiger partial charge on any atom is -0.454 e. The zero-order valence-electron chi connectivity index (χ0n) is 23.7. The van der Waals surface area contributed by atoms with Gasteiger partial charge >= 0.3 is 17.9 Å². The van der Waals surface area contributed by atoms with E-state index in [9.17, 15) is 14.4 Å². The summed E-state index contributed by atoms with van der Waals surface area (Å²) in [7, 11) is 0. The van der Waals surface area contributed by atoms with E-state index in [1.807, 2.05) is 0 Å². The molecule has 0 saturated heterocycles. The number of halogens is 4. The molecule has 0 N–H and O–H groups in total. The largest absolute Gasteiger partial charge is 0.454 e. The van der Waals surface area contributed by atoms with Crippen LogP contribution >= 0.6 is 63.7 Å². The molecule has 0 amide bonds. The molecule has 0 bridgehead atoms. The normalized spacial score (nSPS) is 14.8. The first-order valence-corrected chi connectivity index (χ1v) is 16.0. The van der Waals surface area contributed by atoms with Gasteiger partial charge < -0.3 is 9.47 Å². The Morgan fingerprint density at radius 2 is 1.16 bits per heavy atom. The lowest BCUT2D eigenvalue weighted by Gasteiger charge is -2.38. The molecular formula is C30H24Br4O9. The molecule has 43 heavy (non-hydrogen) atoms. The van der Waals surface area contributed by atoms with Crippen LogP contribution in [0.3, 0.4) is 0 Å². The first-order chi connectivity index (χ1) is 20.0. The Balaban J connectivity index is 1.76. The summed E-state index contributed by atoms with van der Waals surface area (Å²) in [5.41, 5.74) is -1.21. The Morgan fingerprint density at radius 1 is 0.721 bits per heavy atom. The number of carbonyl (C=O) groups excluding carboxylic acids is 3. The van der Waals surface area contributed by atoms with Gasteiger partial charge in [-0.1, -0.05) is 18.2 Å². The molecule has 0 fully saturated rings. The minimum absolute atomic E-state index is 0.0608. The highest BCUT2D eigenvalue weighted by Crippen LogP contribution is 2.61. The first kappa shape index (κ1) is 32.1. The highest BCUT2D eigenvalue weighted by atomic mass is 79.9. The average Bonchev–Trinajstić information content (AvgIpc) is 3.20. The van der Waals surface area contributed by atoms with Crippen LogP contribution in [0.4, 0.5) is 0 Å². The summed E-state index contributed by atoms with van der Waals surface area (Å²) in [6.07, 6.45) is 0. The van der Waals surface area contributed by atoms with E-state index in [4.69, 9.17) is 29.0 Å². The van der Waals surface area contributed by atoms with Crippen molar-refractivity contribution in [3.8, 4) is 11.5 Å². The molecule has 226 valence electrons. The van der Waals surface area contributed by atoms with Crippen molar-refractivity contribution in [3.05, 3.63) is 87.7 Å². The van der Waals surface area contributed by atoms with E-state index in [1.54, 1.807) is 77.9 Å². The molecular weight excluding hydrogens is 824 g/mol. The van der Waals surface area contributed by atoms with E-state index in [2.05, 4.69) is 63.7 Å². The fraction of sp³-hybridized carbons (Fsp3) is 0.300. The number of rotatable bonds is 4. The van der Waals surface area contributed by atoms with Gasteiger partial charge in [-0.05, 0) is 123 Å². The Labute approximate surface area is 280 Å². The molecule has 2 heterocycles. The van der Waals surface area contributed by atoms with Crippen LogP contribution in [0.1, 0.15) is 89.3 Å². The van der Waals surface area contributed by atoms with Gasteiger partial charge in [0.05, 0.1) is 25.6 Å². The van der Waals surface area contributed by atoms with Crippen LogP contribution < -0.4 is 4.74 Å². The molecule has 0 aliphatic carbocycles. The number of ether oxygens (including phenoxy) is 2. The van der Waals surface area contributed by atoms with Gasteiger partial charge in [0.25, 0.3) is 0 Å². The van der Waals surface area contributed by atoms with Gasteiger partial charge in [-0.25, -0.2) is 14.4 Å². The maximum Gasteiger partial charge on any atom is 0.375 e. The highest BCUT2D eigenvalue weighted by molar-refractivity contribution is 9.11. The Hall–Kier alpha value is -2.29. The number of fused-ring (bicyclic) bond motifs is 6. The molecule has 3 aromatic rings. The predicted molar refractivity (Wildman–Crippen MR) is 168 cm³/mol. The lowest BCUT2D eigenvalue weighted by atomic mass is 9.77. The zero-order valence-corrected chi connectivity index (χ0v) is 30.0. The second kappa shape index (κ2) is 11.3. The van der Waals surface area contributed by atoms with E-state index in [1.165, 1.54) is 0 Å². The van der Waals surface area contributed by atoms with Crippen molar-refractivity contribution in [1.82, 2.24) is 0 Å². The molecule has 9 nitrogen and oxygen atoms in total. The molecule has 13 heteroatoms. The smallest absolute Gasteiger partial charge is 0.375 e. The van der Waals surface area contributed by atoms with Crippen LogP contribution in [-0.2, 0) is 29.9 Å². The fourth-order valence-electron chi connectivity index (χ4n) is 4.57. The second-order valence-corrected chi connectivity index (χ2v) is 15.0. The Kier molecular flexibility index (Phi) is 8.41. The fourth-order valence-corrected chi connectivity index (χ4v) is 7.62. The lowest BCUT2D eigenvalue weighted by molar-refractivity contribution is -0.301. The Morgan fingerprint density at radius 3 is 1.60 bits per heavy atom. The molecule has 2 aliphatic rings. The van der Waals surface area contributed by atoms with E-state index in [0.717, 1.165) is 0 Å². The molecule has 0 saturated carbocycles. The quantitative estimate of drug-likeness (QED) is 0.145. The van der Waals surface area contributed by atoms with Crippen LogP contribution in [-0.4, -0.2) is 29.1 Å². The number of esters is 1. The van der Waals surface area contributed by atoms with Crippen LogP contribution in [0, 0.1) is 0 Å². The zero-order chi connectivity index (χ0) is 31.6. The van der Waals surface area contributed by atoms with Gasteiger partial charge in [-0.15, -0.1) is 0 Å². The molecule has 1 spiro atoms. The number of benzene rings is 3. The van der Waals surface area contributed by atoms with Gasteiger partial charge in [0.15, 0.2) is 17.1 Å². The monoisotopic (exact) mass is 844 g/mol. The summed E-state index contributed by atoms with van der Waals surface area (Å²) in [6.45, 7) is 10.4. The lowest BCUT2D eigenvalue weighted by Crippen LogP contribution is -2.34. The van der Waals surface area contributed by atoms with E-state index < -0.39 is 34.7 Å². The SMILES string of the molecule is CC(C)(C)OOC(=O)c1c(Br)cc2c(c1Br)Oc1c(cc(Br)c(C(=O)OOC(C)(C)C)c1Br)C21OC(=O)c2ccccc21. The van der Waals surface area contributed by atoms with Crippen molar-refractivity contribution >= 4 is 81.6 Å². The third-order valence-corrected chi connectivity index (χ3v) is 8.99. The van der Waals surface area contributed by atoms with Crippen molar-refractivity contribution in [2.45, 2.75) is 58.3 Å². The average molecular weight is 848 g/mol. The molecule has 0 radical (unpaired) electrons. The third kappa shape index (κ3) is 5.68. The van der Waals surface area contributed by atoms with Crippen molar-refractivity contribution in [2.75, 3.05) is 0 Å². The topological polar surface area (TPSA) is 107 Å². The maximum absolute atomic E-state index is 13.3. The molecule has 0 aromatic heterocycles. The van der Waals surface area contributed by atoms with Crippen molar-refractivity contribution in [3.63, 3.8) is 0 Å².